The molecule has 0 fully saturated rings. The van der Waals surface area contributed by atoms with Crippen molar-refractivity contribution in [2.45, 2.75) is 19.4 Å². The lowest BCUT2D eigenvalue weighted by atomic mass is 10.2. The van der Waals surface area contributed by atoms with Crippen LogP contribution >= 0.6 is 0 Å². The highest BCUT2D eigenvalue weighted by atomic mass is 16.5. The molecule has 2 heterocycles. The van der Waals surface area contributed by atoms with Crippen molar-refractivity contribution in [3.05, 3.63) is 18.3 Å². The summed E-state index contributed by atoms with van der Waals surface area (Å²) in [6.45, 7) is 1.96. The Bertz CT molecular complexity index is 394. The van der Waals surface area contributed by atoms with Gasteiger partial charge >= 0.3 is 0 Å². The molecule has 2 aromatic rings. The molecule has 2 aromatic heterocycles. The Morgan fingerprint density at radius 3 is 3.14 bits per heavy atom. The average Bonchev–Trinajstić information content (AvgIpc) is 2.86. The molecule has 0 amide bonds. The molecule has 0 aliphatic carbocycles. The Hall–Kier alpha value is -1.69. The second-order valence-electron chi connectivity index (χ2n) is 2.96. The Morgan fingerprint density at radius 2 is 2.50 bits per heavy atom. The van der Waals surface area contributed by atoms with Gasteiger partial charge in [0.15, 0.2) is 0 Å². The maximum absolute atomic E-state index is 5.74. The second kappa shape index (κ2) is 3.59. The van der Waals surface area contributed by atoms with Crippen molar-refractivity contribution in [1.29, 1.82) is 0 Å². The lowest BCUT2D eigenvalue weighted by Gasteiger charge is -1.98. The van der Waals surface area contributed by atoms with Crippen LogP contribution in [0.4, 0.5) is 0 Å². The summed E-state index contributed by atoms with van der Waals surface area (Å²) in [6, 6.07) is -0.192. The third kappa shape index (κ3) is 1.51. The molecule has 0 bridgehead atoms. The number of nitrogens with two attached hydrogens (primary N) is 1. The molecule has 2 rings (SSSR count). The van der Waals surface area contributed by atoms with Gasteiger partial charge in [-0.15, -0.1) is 0 Å². The summed E-state index contributed by atoms with van der Waals surface area (Å²) >= 11 is 0. The maximum Gasteiger partial charge on any atom is 0.243 e. The van der Waals surface area contributed by atoms with Crippen LogP contribution in [0, 0.1) is 0 Å². The zero-order valence-corrected chi connectivity index (χ0v) is 7.77. The normalized spacial score (nSPS) is 13.0. The smallest absolute Gasteiger partial charge is 0.243 e. The number of H-pyrrole nitrogens is 1. The van der Waals surface area contributed by atoms with E-state index in [-0.39, 0.29) is 6.04 Å². The molecule has 3 N–H and O–H groups in total. The molecule has 0 spiro atoms. The van der Waals surface area contributed by atoms with Crippen LogP contribution in [0.1, 0.15) is 25.3 Å². The highest BCUT2D eigenvalue weighted by Gasteiger charge is 2.13. The fourth-order valence-corrected chi connectivity index (χ4v) is 1.05. The molecule has 6 nitrogen and oxygen atoms in total. The van der Waals surface area contributed by atoms with Crippen molar-refractivity contribution in [1.82, 2.24) is 20.3 Å². The Kier molecular flexibility index (Phi) is 2.28. The van der Waals surface area contributed by atoms with Crippen molar-refractivity contribution in [2.24, 2.45) is 5.73 Å². The van der Waals surface area contributed by atoms with E-state index in [1.54, 1.807) is 12.4 Å². The summed E-state index contributed by atoms with van der Waals surface area (Å²) < 4.78 is 5.01. The first-order valence-electron chi connectivity index (χ1n) is 4.39. The molecule has 0 aromatic carbocycles. The van der Waals surface area contributed by atoms with Crippen molar-refractivity contribution in [3.63, 3.8) is 0 Å². The molecule has 0 saturated heterocycles. The van der Waals surface area contributed by atoms with E-state index in [1.807, 2.05) is 6.92 Å². The van der Waals surface area contributed by atoms with E-state index in [4.69, 9.17) is 10.3 Å². The maximum atomic E-state index is 5.74. The van der Waals surface area contributed by atoms with E-state index >= 15 is 0 Å². The van der Waals surface area contributed by atoms with Crippen LogP contribution in [0.25, 0.3) is 11.4 Å². The van der Waals surface area contributed by atoms with E-state index in [0.717, 1.165) is 12.0 Å². The number of nitrogens with one attached hydrogen (secondary N) is 1. The minimum absolute atomic E-state index is 0.192. The molecule has 74 valence electrons. The molecule has 0 aliphatic heterocycles. The van der Waals surface area contributed by atoms with Crippen molar-refractivity contribution in [3.8, 4) is 11.4 Å². The van der Waals surface area contributed by atoms with Crippen LogP contribution in [0.5, 0.6) is 0 Å². The summed E-state index contributed by atoms with van der Waals surface area (Å²) in [6.07, 6.45) is 4.10. The van der Waals surface area contributed by atoms with Gasteiger partial charge in [-0.05, 0) is 6.42 Å². The molecule has 6 heteroatoms. The molecule has 0 aliphatic rings. The first kappa shape index (κ1) is 8.89. The molecule has 0 saturated carbocycles. The van der Waals surface area contributed by atoms with Crippen molar-refractivity contribution in [2.75, 3.05) is 0 Å². The third-order valence-electron chi connectivity index (χ3n) is 1.96. The first-order chi connectivity index (χ1) is 6.81. The Labute approximate surface area is 80.5 Å². The molecular formula is C8H11N5O. The fraction of sp³-hybridized carbons (Fsp3) is 0.375. The summed E-state index contributed by atoms with van der Waals surface area (Å²) in [7, 11) is 0. The van der Waals surface area contributed by atoms with E-state index in [2.05, 4.69) is 20.3 Å². The minimum Gasteiger partial charge on any atom is -0.337 e. The van der Waals surface area contributed by atoms with Crippen LogP contribution in [-0.2, 0) is 0 Å². The monoisotopic (exact) mass is 193 g/mol. The number of aromatic nitrogens is 4. The van der Waals surface area contributed by atoms with E-state index in [0.29, 0.717) is 11.7 Å². The molecule has 1 atom stereocenters. The highest BCUT2D eigenvalue weighted by Crippen LogP contribution is 2.17. The predicted molar refractivity (Wildman–Crippen MR) is 49.1 cm³/mol. The molecular weight excluding hydrogens is 182 g/mol. The lowest BCUT2D eigenvalue weighted by Crippen LogP contribution is -2.08. The van der Waals surface area contributed by atoms with Gasteiger partial charge in [-0.3, -0.25) is 5.10 Å². The minimum atomic E-state index is -0.192. The van der Waals surface area contributed by atoms with Gasteiger partial charge in [0.2, 0.25) is 11.7 Å². The number of aromatic amines is 1. The predicted octanol–water partition coefficient (Wildman–Crippen LogP) is 0.870. The Morgan fingerprint density at radius 1 is 1.64 bits per heavy atom. The third-order valence-corrected chi connectivity index (χ3v) is 1.96. The topological polar surface area (TPSA) is 93.6 Å². The average molecular weight is 193 g/mol. The summed E-state index contributed by atoms with van der Waals surface area (Å²) in [5.41, 5.74) is 6.54. The van der Waals surface area contributed by atoms with Crippen LogP contribution in [0.2, 0.25) is 0 Å². The van der Waals surface area contributed by atoms with E-state index < -0.39 is 0 Å². The summed E-state index contributed by atoms with van der Waals surface area (Å²) in [4.78, 5) is 4.16. The van der Waals surface area contributed by atoms with Crippen molar-refractivity contribution < 1.29 is 4.52 Å². The zero-order valence-electron chi connectivity index (χ0n) is 7.77. The zero-order chi connectivity index (χ0) is 9.97. The highest BCUT2D eigenvalue weighted by molar-refractivity contribution is 5.50. The van der Waals surface area contributed by atoms with E-state index in [9.17, 15) is 0 Å². The summed E-state index contributed by atoms with van der Waals surface area (Å²) in [5.74, 6) is 0.973. The second-order valence-corrected chi connectivity index (χ2v) is 2.96. The van der Waals surface area contributed by atoms with Gasteiger partial charge in [0.25, 0.3) is 0 Å². The lowest BCUT2D eigenvalue weighted by molar-refractivity contribution is 0.352. The number of rotatable bonds is 3. The van der Waals surface area contributed by atoms with Crippen LogP contribution < -0.4 is 5.73 Å². The largest absolute Gasteiger partial charge is 0.337 e. The van der Waals surface area contributed by atoms with Crippen LogP contribution in [0.15, 0.2) is 16.9 Å². The van der Waals surface area contributed by atoms with Crippen LogP contribution in [-0.4, -0.2) is 20.3 Å². The standard InChI is InChI=1S/C8H11N5O/c1-2-6(9)8-12-7(13-14-8)5-3-10-11-4-5/h3-4,6H,2,9H2,1H3,(H,10,11)/t6-/m1/s1. The number of nitrogens with zero attached hydrogens (tertiary/aromatic N) is 3. The molecule has 0 radical (unpaired) electrons. The fourth-order valence-electron chi connectivity index (χ4n) is 1.05. The van der Waals surface area contributed by atoms with Gasteiger partial charge < -0.3 is 10.3 Å². The molecule has 14 heavy (non-hydrogen) atoms. The van der Waals surface area contributed by atoms with Gasteiger partial charge in [0.1, 0.15) is 0 Å². The Balaban J connectivity index is 2.26. The van der Waals surface area contributed by atoms with Gasteiger partial charge in [-0.2, -0.15) is 10.1 Å². The van der Waals surface area contributed by atoms with Crippen molar-refractivity contribution >= 4 is 0 Å². The number of hydrogen-bond acceptors (Lipinski definition) is 5. The quantitative estimate of drug-likeness (QED) is 0.754. The van der Waals surface area contributed by atoms with Gasteiger partial charge in [-0.25, -0.2) is 0 Å². The van der Waals surface area contributed by atoms with E-state index in [1.165, 1.54) is 0 Å². The number of hydrogen-bond donors (Lipinski definition) is 2. The van der Waals surface area contributed by atoms with Gasteiger partial charge in [-0.1, -0.05) is 12.1 Å². The van der Waals surface area contributed by atoms with Crippen LogP contribution in [0.3, 0.4) is 0 Å². The molecule has 0 unspecified atom stereocenters. The van der Waals surface area contributed by atoms with Gasteiger partial charge in [0.05, 0.1) is 17.8 Å². The summed E-state index contributed by atoms with van der Waals surface area (Å²) in [5, 5.41) is 10.3. The van der Waals surface area contributed by atoms with Gasteiger partial charge in [0, 0.05) is 6.20 Å². The SMILES string of the molecule is CC[C@@H](N)c1nc(-c2cn[nH]c2)no1. The first-order valence-corrected chi connectivity index (χ1v) is 4.39.